The molecule has 4 aliphatic rings. The number of esters is 2. The molecule has 1 aromatic carbocycles. The minimum Gasteiger partial charge on any atom is -0.455 e. The largest absolute Gasteiger partial charge is 0.455 e. The van der Waals surface area contributed by atoms with E-state index in [0.29, 0.717) is 5.56 Å². The first-order chi connectivity index (χ1) is 18.0. The molecular formula is C30H32ClIO6. The lowest BCUT2D eigenvalue weighted by molar-refractivity contribution is -0.153. The van der Waals surface area contributed by atoms with Crippen LogP contribution in [0.4, 0.5) is 0 Å². The number of benzene rings is 1. The predicted molar refractivity (Wildman–Crippen MR) is 151 cm³/mol. The molecule has 0 aliphatic heterocycles. The van der Waals surface area contributed by atoms with Gasteiger partial charge in [-0.2, -0.15) is 0 Å². The number of halogens is 2. The third-order valence-electron chi connectivity index (χ3n) is 9.81. The van der Waals surface area contributed by atoms with Crippen LogP contribution < -0.4 is 0 Å². The number of alkyl halides is 1. The Labute approximate surface area is 241 Å². The molecule has 1 aromatic rings. The van der Waals surface area contributed by atoms with Gasteiger partial charge in [-0.3, -0.25) is 9.59 Å². The Bertz CT molecular complexity index is 1250. The number of fused-ring (bicyclic) bond motifs is 5. The zero-order chi connectivity index (χ0) is 27.3. The Kier molecular flexibility index (Phi) is 7.39. The molecule has 0 bridgehead atoms. The number of allylic oxidation sites excluding steroid dienone is 4. The van der Waals surface area contributed by atoms with Gasteiger partial charge >= 0.3 is 11.9 Å². The van der Waals surface area contributed by atoms with E-state index < -0.39 is 23.4 Å². The smallest absolute Gasteiger partial charge is 0.344 e. The van der Waals surface area contributed by atoms with Gasteiger partial charge in [-0.1, -0.05) is 31.6 Å². The summed E-state index contributed by atoms with van der Waals surface area (Å²) in [7, 11) is 0. The molecule has 202 valence electrons. The van der Waals surface area contributed by atoms with E-state index in [-0.39, 0.29) is 46.8 Å². The number of ether oxygens (including phenoxy) is 2. The minimum absolute atomic E-state index is 0.0301. The van der Waals surface area contributed by atoms with E-state index in [4.69, 9.17) is 21.1 Å². The molecule has 6 nitrogen and oxygen atoms in total. The molecule has 6 atom stereocenters. The standard InChI is InChI=1S/C30H32ClIO6/c1-28-12-13-30(31)23(7-6-19-15-21(33)10-11-29(19,30)2)22(28)8-9-24(28)25(34)16-37-26(35)17-38-27(36)18-4-3-5-20(32)14-18/h3-5,10-11,14-15,22-24H,6-9,12-13,16-17H2,1-2H3/t22-,23-,24+,28-,29-,30+/m0/s1. The van der Waals surface area contributed by atoms with Crippen LogP contribution in [0.25, 0.3) is 0 Å². The summed E-state index contributed by atoms with van der Waals surface area (Å²) in [6.45, 7) is 3.50. The average molecular weight is 651 g/mol. The van der Waals surface area contributed by atoms with E-state index in [1.54, 1.807) is 30.4 Å². The Morgan fingerprint density at radius 1 is 1.05 bits per heavy atom. The van der Waals surface area contributed by atoms with E-state index in [1.807, 2.05) is 12.1 Å². The number of Topliss-reactive ketones (excluding diaryl/α,β-unsaturated/α-hetero) is 1. The highest BCUT2D eigenvalue weighted by Gasteiger charge is 2.65. The maximum absolute atomic E-state index is 13.3. The van der Waals surface area contributed by atoms with Crippen LogP contribution in [0.3, 0.4) is 0 Å². The Morgan fingerprint density at radius 3 is 2.61 bits per heavy atom. The monoisotopic (exact) mass is 650 g/mol. The van der Waals surface area contributed by atoms with Crippen molar-refractivity contribution in [3.05, 3.63) is 57.2 Å². The normalized spacial score (nSPS) is 35.4. The van der Waals surface area contributed by atoms with Gasteiger partial charge in [0.15, 0.2) is 18.2 Å². The number of rotatable bonds is 6. The fourth-order valence-electron chi connectivity index (χ4n) is 7.73. The molecule has 0 N–H and O–H groups in total. The molecule has 8 heteroatoms. The van der Waals surface area contributed by atoms with E-state index in [0.717, 1.165) is 47.7 Å². The van der Waals surface area contributed by atoms with E-state index in [9.17, 15) is 19.2 Å². The quantitative estimate of drug-likeness (QED) is 0.218. The second kappa shape index (κ2) is 10.2. The van der Waals surface area contributed by atoms with Crippen molar-refractivity contribution < 1.29 is 28.7 Å². The Hall–Kier alpha value is -2.00. The molecule has 3 fully saturated rings. The number of hydrogen-bond donors (Lipinski definition) is 0. The first-order valence-corrected chi connectivity index (χ1v) is 14.7. The second-order valence-corrected chi connectivity index (χ2v) is 13.5. The van der Waals surface area contributed by atoms with E-state index >= 15 is 0 Å². The second-order valence-electron chi connectivity index (χ2n) is 11.6. The zero-order valence-corrected chi connectivity index (χ0v) is 24.5. The minimum atomic E-state index is -0.737. The first kappa shape index (κ1) is 27.6. The van der Waals surface area contributed by atoms with Crippen molar-refractivity contribution in [2.75, 3.05) is 13.2 Å². The lowest BCUT2D eigenvalue weighted by Gasteiger charge is -2.61. The number of ketones is 2. The van der Waals surface area contributed by atoms with Gasteiger partial charge in [0, 0.05) is 14.9 Å². The van der Waals surface area contributed by atoms with Crippen molar-refractivity contribution >= 4 is 57.7 Å². The van der Waals surface area contributed by atoms with Gasteiger partial charge in [0.1, 0.15) is 6.61 Å². The van der Waals surface area contributed by atoms with Gasteiger partial charge in [0.05, 0.1) is 10.4 Å². The lowest BCUT2D eigenvalue weighted by Crippen LogP contribution is -2.59. The molecule has 4 aliphatic carbocycles. The molecule has 0 unspecified atom stereocenters. The highest BCUT2D eigenvalue weighted by molar-refractivity contribution is 14.1. The highest BCUT2D eigenvalue weighted by atomic mass is 127. The lowest BCUT2D eigenvalue weighted by atomic mass is 9.47. The van der Waals surface area contributed by atoms with Crippen molar-refractivity contribution in [2.45, 2.75) is 57.2 Å². The van der Waals surface area contributed by atoms with Crippen LogP contribution in [0.15, 0.2) is 48.1 Å². The molecule has 0 radical (unpaired) electrons. The van der Waals surface area contributed by atoms with Crippen molar-refractivity contribution in [1.29, 1.82) is 0 Å². The topological polar surface area (TPSA) is 86.7 Å². The number of carbonyl (C=O) groups excluding carboxylic acids is 4. The van der Waals surface area contributed by atoms with Gasteiger partial charge < -0.3 is 9.47 Å². The van der Waals surface area contributed by atoms with Crippen LogP contribution in [0.1, 0.15) is 62.7 Å². The van der Waals surface area contributed by atoms with Crippen LogP contribution in [-0.2, 0) is 23.9 Å². The fraction of sp³-hybridized carbons (Fsp3) is 0.533. The van der Waals surface area contributed by atoms with Gasteiger partial charge in [0.2, 0.25) is 0 Å². The molecule has 0 heterocycles. The van der Waals surface area contributed by atoms with Crippen molar-refractivity contribution in [1.82, 2.24) is 0 Å². The molecule has 3 saturated carbocycles. The predicted octanol–water partition coefficient (Wildman–Crippen LogP) is 5.85. The molecule has 38 heavy (non-hydrogen) atoms. The number of hydrogen-bond acceptors (Lipinski definition) is 6. The summed E-state index contributed by atoms with van der Waals surface area (Å²) >= 11 is 9.60. The van der Waals surface area contributed by atoms with Crippen molar-refractivity contribution in [3.63, 3.8) is 0 Å². The van der Waals surface area contributed by atoms with Gasteiger partial charge in [-0.25, -0.2) is 9.59 Å². The van der Waals surface area contributed by atoms with Crippen LogP contribution in [0.2, 0.25) is 0 Å². The molecule has 0 aromatic heterocycles. The summed E-state index contributed by atoms with van der Waals surface area (Å²) in [4.78, 5) is 49.3. The third-order valence-corrected chi connectivity index (χ3v) is 11.3. The van der Waals surface area contributed by atoms with Crippen LogP contribution in [0, 0.1) is 32.2 Å². The summed E-state index contributed by atoms with van der Waals surface area (Å²) in [5, 5.41) is 0. The van der Waals surface area contributed by atoms with Crippen LogP contribution in [-0.4, -0.2) is 41.6 Å². The summed E-state index contributed by atoms with van der Waals surface area (Å²) in [5.41, 5.74) is 0.905. The highest BCUT2D eigenvalue weighted by Crippen LogP contribution is 2.69. The van der Waals surface area contributed by atoms with Crippen molar-refractivity contribution in [3.8, 4) is 0 Å². The van der Waals surface area contributed by atoms with Gasteiger partial charge in [-0.15, -0.1) is 11.6 Å². The molecule has 0 amide bonds. The molecule has 0 spiro atoms. The van der Waals surface area contributed by atoms with E-state index in [1.165, 1.54) is 0 Å². The SMILES string of the molecule is C[C@]12CC[C@@]3(Cl)[C@@H](CCC4=CC(=O)C=C[C@@]43C)[C@@H]1CC[C@@H]2C(=O)COC(=O)COC(=O)c1cccc(I)c1. The Balaban J connectivity index is 1.20. The van der Waals surface area contributed by atoms with Gasteiger partial charge in [0.25, 0.3) is 0 Å². The summed E-state index contributed by atoms with van der Waals surface area (Å²) in [6.07, 6.45) is 10.4. The summed E-state index contributed by atoms with van der Waals surface area (Å²) in [6, 6.07) is 6.87. The first-order valence-electron chi connectivity index (χ1n) is 13.2. The number of carbonyl (C=O) groups is 4. The van der Waals surface area contributed by atoms with Crippen LogP contribution >= 0.6 is 34.2 Å². The molecule has 0 saturated heterocycles. The zero-order valence-electron chi connectivity index (χ0n) is 21.6. The van der Waals surface area contributed by atoms with Crippen molar-refractivity contribution in [2.24, 2.45) is 28.6 Å². The molecular weight excluding hydrogens is 619 g/mol. The molecule has 5 rings (SSSR count). The van der Waals surface area contributed by atoms with Gasteiger partial charge in [-0.05, 0) is 109 Å². The fourth-order valence-corrected chi connectivity index (χ4v) is 8.82. The maximum atomic E-state index is 13.3. The maximum Gasteiger partial charge on any atom is 0.344 e. The van der Waals surface area contributed by atoms with E-state index in [2.05, 4.69) is 36.4 Å². The summed E-state index contributed by atoms with van der Waals surface area (Å²) < 4.78 is 11.2. The summed E-state index contributed by atoms with van der Waals surface area (Å²) in [5.74, 6) is -1.08. The third kappa shape index (κ3) is 4.57. The van der Waals surface area contributed by atoms with Crippen LogP contribution in [0.5, 0.6) is 0 Å². The Morgan fingerprint density at radius 2 is 1.84 bits per heavy atom. The average Bonchev–Trinajstić information content (AvgIpc) is 3.24.